The molecule has 6 nitrogen and oxygen atoms in total. The maximum absolute atomic E-state index is 12.6. The van der Waals surface area contributed by atoms with Crippen LogP contribution < -0.4 is 19.9 Å². The van der Waals surface area contributed by atoms with E-state index in [1.165, 1.54) is 20.3 Å². The topological polar surface area (TPSA) is 90.7 Å². The molecule has 21 heavy (non-hydrogen) atoms. The molecular formula is C14H22N2O4S. The Bertz CT molecular complexity index is 595. The molecule has 0 heterocycles. The second-order valence-corrected chi connectivity index (χ2v) is 6.96. The zero-order valence-corrected chi connectivity index (χ0v) is 13.2. The summed E-state index contributed by atoms with van der Waals surface area (Å²) in [5.74, 6) is 0.798. The van der Waals surface area contributed by atoms with Gasteiger partial charge in [-0.2, -0.15) is 0 Å². The maximum Gasteiger partial charge on any atom is 0.244 e. The molecule has 1 aromatic rings. The minimum atomic E-state index is -3.69. The smallest absolute Gasteiger partial charge is 0.244 e. The Balaban J connectivity index is 2.35. The van der Waals surface area contributed by atoms with Crippen molar-refractivity contribution in [1.29, 1.82) is 0 Å². The van der Waals surface area contributed by atoms with E-state index in [2.05, 4.69) is 4.72 Å². The van der Waals surface area contributed by atoms with Crippen molar-refractivity contribution in [2.75, 3.05) is 20.8 Å². The number of methoxy groups -OCH3 is 2. The molecule has 0 radical (unpaired) electrons. The van der Waals surface area contributed by atoms with Gasteiger partial charge in [-0.05, 0) is 25.0 Å². The Labute approximate surface area is 125 Å². The number of nitrogens with one attached hydrogen (secondary N) is 1. The number of ether oxygens (including phenoxy) is 2. The number of benzene rings is 1. The van der Waals surface area contributed by atoms with E-state index < -0.39 is 15.6 Å². The van der Waals surface area contributed by atoms with Crippen LogP contribution in [0.25, 0.3) is 0 Å². The fraction of sp³-hybridized carbons (Fsp3) is 0.571. The molecule has 3 N–H and O–H groups in total. The predicted octanol–water partition coefficient (Wildman–Crippen LogP) is 1.25. The molecule has 1 aliphatic carbocycles. The van der Waals surface area contributed by atoms with Gasteiger partial charge in [0.15, 0.2) is 0 Å². The highest BCUT2D eigenvalue weighted by atomic mass is 32.2. The van der Waals surface area contributed by atoms with Crippen LogP contribution in [-0.2, 0) is 10.0 Å². The average molecular weight is 314 g/mol. The molecule has 0 unspecified atom stereocenters. The summed E-state index contributed by atoms with van der Waals surface area (Å²) in [4.78, 5) is 0.102. The van der Waals surface area contributed by atoms with E-state index in [0.717, 1.165) is 25.7 Å². The van der Waals surface area contributed by atoms with Crippen LogP contribution in [0.1, 0.15) is 25.7 Å². The highest BCUT2D eigenvalue weighted by Gasteiger charge is 2.37. The third kappa shape index (κ3) is 3.30. The van der Waals surface area contributed by atoms with Gasteiger partial charge in [-0.3, -0.25) is 0 Å². The van der Waals surface area contributed by atoms with Gasteiger partial charge in [0.1, 0.15) is 16.4 Å². The van der Waals surface area contributed by atoms with Crippen molar-refractivity contribution in [3.63, 3.8) is 0 Å². The Morgan fingerprint density at radius 2 is 1.90 bits per heavy atom. The quantitative estimate of drug-likeness (QED) is 0.825. The molecule has 7 heteroatoms. The second kappa shape index (κ2) is 6.21. The molecule has 1 saturated carbocycles. The van der Waals surface area contributed by atoms with Crippen LogP contribution in [0.15, 0.2) is 23.1 Å². The molecule has 0 spiro atoms. The first kappa shape index (κ1) is 16.1. The average Bonchev–Trinajstić information content (AvgIpc) is 2.94. The summed E-state index contributed by atoms with van der Waals surface area (Å²) in [6, 6.07) is 4.64. The Hall–Kier alpha value is -1.31. The summed E-state index contributed by atoms with van der Waals surface area (Å²) in [7, 11) is -0.743. The lowest BCUT2D eigenvalue weighted by Crippen LogP contribution is -2.51. The van der Waals surface area contributed by atoms with Crippen LogP contribution in [0.4, 0.5) is 0 Å². The monoisotopic (exact) mass is 314 g/mol. The van der Waals surface area contributed by atoms with Crippen LogP contribution in [-0.4, -0.2) is 34.7 Å². The molecule has 0 aromatic heterocycles. The molecule has 0 aliphatic heterocycles. The van der Waals surface area contributed by atoms with Gasteiger partial charge in [-0.25, -0.2) is 13.1 Å². The molecule has 0 saturated heterocycles. The summed E-state index contributed by atoms with van der Waals surface area (Å²) >= 11 is 0. The van der Waals surface area contributed by atoms with Gasteiger partial charge < -0.3 is 15.2 Å². The zero-order chi connectivity index (χ0) is 15.5. The van der Waals surface area contributed by atoms with Crippen LogP contribution >= 0.6 is 0 Å². The maximum atomic E-state index is 12.6. The summed E-state index contributed by atoms with van der Waals surface area (Å²) in [5, 5.41) is 0. The van der Waals surface area contributed by atoms with Gasteiger partial charge in [0, 0.05) is 18.2 Å². The highest BCUT2D eigenvalue weighted by molar-refractivity contribution is 7.89. The second-order valence-electron chi connectivity index (χ2n) is 5.31. The van der Waals surface area contributed by atoms with Crippen molar-refractivity contribution in [2.24, 2.45) is 5.73 Å². The predicted molar refractivity (Wildman–Crippen MR) is 80.1 cm³/mol. The van der Waals surface area contributed by atoms with Gasteiger partial charge >= 0.3 is 0 Å². The minimum absolute atomic E-state index is 0.102. The summed E-state index contributed by atoms with van der Waals surface area (Å²) in [6.45, 7) is 0.296. The fourth-order valence-corrected chi connectivity index (χ4v) is 4.36. The van der Waals surface area contributed by atoms with E-state index in [-0.39, 0.29) is 10.6 Å². The molecular weight excluding hydrogens is 292 g/mol. The van der Waals surface area contributed by atoms with Crippen molar-refractivity contribution in [1.82, 2.24) is 4.72 Å². The lowest BCUT2D eigenvalue weighted by molar-refractivity contribution is 0.380. The summed E-state index contributed by atoms with van der Waals surface area (Å²) < 4.78 is 38.3. The minimum Gasteiger partial charge on any atom is -0.497 e. The first-order valence-electron chi connectivity index (χ1n) is 6.92. The Morgan fingerprint density at radius 1 is 1.24 bits per heavy atom. The molecule has 0 bridgehead atoms. The van der Waals surface area contributed by atoms with Crippen LogP contribution in [0.3, 0.4) is 0 Å². The number of hydrogen-bond donors (Lipinski definition) is 2. The molecule has 118 valence electrons. The third-order valence-electron chi connectivity index (χ3n) is 3.96. The van der Waals surface area contributed by atoms with Gasteiger partial charge in [-0.15, -0.1) is 0 Å². The van der Waals surface area contributed by atoms with Gasteiger partial charge in [0.25, 0.3) is 0 Å². The van der Waals surface area contributed by atoms with Crippen LogP contribution in [0.2, 0.25) is 0 Å². The molecule has 2 rings (SSSR count). The molecule has 0 atom stereocenters. The van der Waals surface area contributed by atoms with Crippen molar-refractivity contribution in [3.8, 4) is 11.5 Å². The Morgan fingerprint density at radius 3 is 2.43 bits per heavy atom. The van der Waals surface area contributed by atoms with E-state index in [1.54, 1.807) is 12.1 Å². The van der Waals surface area contributed by atoms with E-state index >= 15 is 0 Å². The molecule has 0 amide bonds. The number of hydrogen-bond acceptors (Lipinski definition) is 5. The summed E-state index contributed by atoms with van der Waals surface area (Å²) in [6.07, 6.45) is 3.50. The van der Waals surface area contributed by atoms with E-state index in [4.69, 9.17) is 15.2 Å². The van der Waals surface area contributed by atoms with Gasteiger partial charge in [0.05, 0.1) is 14.2 Å². The van der Waals surface area contributed by atoms with Gasteiger partial charge in [0.2, 0.25) is 10.0 Å². The van der Waals surface area contributed by atoms with E-state index in [0.29, 0.717) is 12.3 Å². The number of nitrogens with two attached hydrogens (primary N) is 1. The van der Waals surface area contributed by atoms with Crippen LogP contribution in [0.5, 0.6) is 11.5 Å². The molecule has 1 aliphatic rings. The first-order chi connectivity index (χ1) is 9.96. The van der Waals surface area contributed by atoms with Crippen molar-refractivity contribution >= 4 is 10.0 Å². The number of rotatable bonds is 6. The van der Waals surface area contributed by atoms with Crippen molar-refractivity contribution in [2.45, 2.75) is 36.1 Å². The van der Waals surface area contributed by atoms with Gasteiger partial charge in [-0.1, -0.05) is 12.8 Å². The lowest BCUT2D eigenvalue weighted by Gasteiger charge is -2.28. The highest BCUT2D eigenvalue weighted by Crippen LogP contribution is 2.33. The molecule has 1 fully saturated rings. The van der Waals surface area contributed by atoms with Crippen molar-refractivity contribution in [3.05, 3.63) is 18.2 Å². The summed E-state index contributed by atoms with van der Waals surface area (Å²) in [5.41, 5.74) is 5.25. The van der Waals surface area contributed by atoms with Crippen molar-refractivity contribution < 1.29 is 17.9 Å². The zero-order valence-electron chi connectivity index (χ0n) is 12.4. The Kier molecular flexibility index (Phi) is 4.75. The largest absolute Gasteiger partial charge is 0.497 e. The van der Waals surface area contributed by atoms with Crippen LogP contribution in [0, 0.1) is 0 Å². The third-order valence-corrected chi connectivity index (χ3v) is 5.58. The normalized spacial score (nSPS) is 17.7. The first-order valence-corrected chi connectivity index (χ1v) is 8.41. The molecule has 1 aromatic carbocycles. The number of sulfonamides is 1. The standard InChI is InChI=1S/C14H22N2O4S/c1-19-11-5-6-13(12(9-11)20-2)21(17,18)16-14(10-15)7-3-4-8-14/h5-6,9,16H,3-4,7-8,10,15H2,1-2H3. The SMILES string of the molecule is COc1ccc(S(=O)(=O)NC2(CN)CCCC2)c(OC)c1. The van der Waals surface area contributed by atoms with E-state index in [9.17, 15) is 8.42 Å². The fourth-order valence-electron chi connectivity index (χ4n) is 2.74. The van der Waals surface area contributed by atoms with E-state index in [1.807, 2.05) is 0 Å². The lowest BCUT2D eigenvalue weighted by atomic mass is 10.0.